The van der Waals surface area contributed by atoms with Crippen molar-refractivity contribution in [3.63, 3.8) is 0 Å². The third kappa shape index (κ3) is 1.28. The second-order valence-corrected chi connectivity index (χ2v) is 2.17. The standard InChI is InChI=1S/C8H10O/c1-2-4-7-5-3-6-8(7)9/h3,5-6H,2,4H2,1H3. The van der Waals surface area contributed by atoms with Gasteiger partial charge in [0.15, 0.2) is 5.78 Å². The Kier molecular flexibility index (Phi) is 1.83. The number of hydrogen-bond acceptors (Lipinski definition) is 1. The first-order valence-corrected chi connectivity index (χ1v) is 3.26. The number of rotatable bonds is 2. The van der Waals surface area contributed by atoms with Gasteiger partial charge in [0.05, 0.1) is 0 Å². The van der Waals surface area contributed by atoms with E-state index in [-0.39, 0.29) is 5.78 Å². The van der Waals surface area contributed by atoms with Crippen LogP contribution in [0.5, 0.6) is 0 Å². The van der Waals surface area contributed by atoms with Crippen LogP contribution in [-0.4, -0.2) is 5.78 Å². The Morgan fingerprint density at radius 3 is 2.78 bits per heavy atom. The van der Waals surface area contributed by atoms with Gasteiger partial charge in [-0.15, -0.1) is 0 Å². The van der Waals surface area contributed by atoms with Crippen molar-refractivity contribution < 1.29 is 4.79 Å². The molecule has 1 rings (SSSR count). The summed E-state index contributed by atoms with van der Waals surface area (Å²) in [6, 6.07) is 0. The third-order valence-corrected chi connectivity index (χ3v) is 1.38. The highest BCUT2D eigenvalue weighted by Crippen LogP contribution is 2.11. The smallest absolute Gasteiger partial charge is 0.181 e. The van der Waals surface area contributed by atoms with Gasteiger partial charge in [0.1, 0.15) is 0 Å². The summed E-state index contributed by atoms with van der Waals surface area (Å²) < 4.78 is 0. The molecule has 0 heterocycles. The van der Waals surface area contributed by atoms with Crippen molar-refractivity contribution in [1.82, 2.24) is 0 Å². The molecule has 1 nitrogen and oxygen atoms in total. The van der Waals surface area contributed by atoms with Crippen LogP contribution in [0.4, 0.5) is 0 Å². The quantitative estimate of drug-likeness (QED) is 0.546. The first kappa shape index (κ1) is 6.27. The molecule has 0 aromatic rings. The summed E-state index contributed by atoms with van der Waals surface area (Å²) in [5.74, 6) is 0.192. The molecule has 0 N–H and O–H groups in total. The van der Waals surface area contributed by atoms with Crippen LogP contribution in [0.15, 0.2) is 23.8 Å². The van der Waals surface area contributed by atoms with Gasteiger partial charge in [-0.2, -0.15) is 0 Å². The molecule has 0 bridgehead atoms. The minimum atomic E-state index is 0.192. The van der Waals surface area contributed by atoms with Crippen molar-refractivity contribution in [3.05, 3.63) is 23.8 Å². The SMILES string of the molecule is CCCC1=CC=CC1=O. The third-order valence-electron chi connectivity index (χ3n) is 1.38. The summed E-state index contributed by atoms with van der Waals surface area (Å²) in [5, 5.41) is 0. The summed E-state index contributed by atoms with van der Waals surface area (Å²) in [7, 11) is 0. The maximum Gasteiger partial charge on any atom is 0.181 e. The molecule has 0 atom stereocenters. The predicted molar refractivity (Wildman–Crippen MR) is 37.1 cm³/mol. The molecule has 1 aliphatic rings. The van der Waals surface area contributed by atoms with Crippen LogP contribution < -0.4 is 0 Å². The second-order valence-electron chi connectivity index (χ2n) is 2.17. The maximum atomic E-state index is 10.8. The summed E-state index contributed by atoms with van der Waals surface area (Å²) in [5.41, 5.74) is 0.956. The first-order chi connectivity index (χ1) is 4.34. The van der Waals surface area contributed by atoms with Gasteiger partial charge < -0.3 is 0 Å². The lowest BCUT2D eigenvalue weighted by Gasteiger charge is -1.92. The van der Waals surface area contributed by atoms with E-state index < -0.39 is 0 Å². The van der Waals surface area contributed by atoms with Crippen LogP contribution in [0.2, 0.25) is 0 Å². The number of carbonyl (C=O) groups excluding carboxylic acids is 1. The van der Waals surface area contributed by atoms with Gasteiger partial charge in [0.2, 0.25) is 0 Å². The van der Waals surface area contributed by atoms with Gasteiger partial charge in [0, 0.05) is 0 Å². The van der Waals surface area contributed by atoms with Crippen LogP contribution in [0.25, 0.3) is 0 Å². The van der Waals surface area contributed by atoms with Crippen molar-refractivity contribution in [3.8, 4) is 0 Å². The van der Waals surface area contributed by atoms with Crippen molar-refractivity contribution in [2.24, 2.45) is 0 Å². The Morgan fingerprint density at radius 2 is 2.33 bits per heavy atom. The zero-order valence-corrected chi connectivity index (χ0v) is 5.55. The second kappa shape index (κ2) is 2.62. The normalized spacial score (nSPS) is 16.6. The monoisotopic (exact) mass is 122 g/mol. The summed E-state index contributed by atoms with van der Waals surface area (Å²) >= 11 is 0. The van der Waals surface area contributed by atoms with Gasteiger partial charge in [0.25, 0.3) is 0 Å². The molecular formula is C8H10O. The molecular weight excluding hydrogens is 112 g/mol. The maximum absolute atomic E-state index is 10.8. The molecule has 0 fully saturated rings. The average molecular weight is 122 g/mol. The highest BCUT2D eigenvalue weighted by molar-refractivity contribution is 6.06. The molecule has 0 saturated heterocycles. The fourth-order valence-electron chi connectivity index (χ4n) is 0.917. The van der Waals surface area contributed by atoms with Gasteiger partial charge in [-0.05, 0) is 18.1 Å². The van der Waals surface area contributed by atoms with Crippen molar-refractivity contribution in [2.45, 2.75) is 19.8 Å². The van der Waals surface area contributed by atoms with E-state index in [1.807, 2.05) is 12.2 Å². The molecule has 1 aliphatic carbocycles. The van der Waals surface area contributed by atoms with Crippen LogP contribution in [0.1, 0.15) is 19.8 Å². The van der Waals surface area contributed by atoms with E-state index in [1.54, 1.807) is 6.08 Å². The first-order valence-electron chi connectivity index (χ1n) is 3.26. The highest BCUT2D eigenvalue weighted by atomic mass is 16.1. The molecule has 48 valence electrons. The Hall–Kier alpha value is -0.850. The molecule has 0 aliphatic heterocycles. The van der Waals surface area contributed by atoms with Crippen molar-refractivity contribution in [1.29, 1.82) is 0 Å². The van der Waals surface area contributed by atoms with E-state index in [9.17, 15) is 4.79 Å². The van der Waals surface area contributed by atoms with Gasteiger partial charge >= 0.3 is 0 Å². The highest BCUT2D eigenvalue weighted by Gasteiger charge is 2.06. The van der Waals surface area contributed by atoms with Crippen LogP contribution >= 0.6 is 0 Å². The zero-order chi connectivity index (χ0) is 6.69. The predicted octanol–water partition coefficient (Wildman–Crippen LogP) is 1.85. The molecule has 0 unspecified atom stereocenters. The average Bonchev–Trinajstić information content (AvgIpc) is 2.18. The molecule has 1 heteroatoms. The fourth-order valence-corrected chi connectivity index (χ4v) is 0.917. The number of allylic oxidation sites excluding steroid dienone is 4. The van der Waals surface area contributed by atoms with Gasteiger partial charge in [-0.25, -0.2) is 0 Å². The van der Waals surface area contributed by atoms with E-state index in [0.717, 1.165) is 18.4 Å². The lowest BCUT2D eigenvalue weighted by molar-refractivity contribution is -0.111. The molecule has 0 spiro atoms. The molecule has 0 aromatic carbocycles. The molecule has 9 heavy (non-hydrogen) atoms. The van der Waals surface area contributed by atoms with Crippen LogP contribution in [0.3, 0.4) is 0 Å². The van der Waals surface area contributed by atoms with E-state index >= 15 is 0 Å². The molecule has 0 radical (unpaired) electrons. The van der Waals surface area contributed by atoms with Crippen molar-refractivity contribution >= 4 is 5.78 Å². The number of hydrogen-bond donors (Lipinski definition) is 0. The van der Waals surface area contributed by atoms with E-state index in [1.165, 1.54) is 0 Å². The Bertz CT molecular complexity index is 175. The van der Waals surface area contributed by atoms with Crippen molar-refractivity contribution in [2.75, 3.05) is 0 Å². The number of ketones is 1. The van der Waals surface area contributed by atoms with Crippen LogP contribution in [-0.2, 0) is 4.79 Å². The number of carbonyl (C=O) groups is 1. The summed E-state index contributed by atoms with van der Waals surface area (Å²) in [6.45, 7) is 2.08. The van der Waals surface area contributed by atoms with Crippen LogP contribution in [0, 0.1) is 0 Å². The Labute approximate surface area is 55.1 Å². The Balaban J connectivity index is 2.54. The minimum Gasteiger partial charge on any atom is -0.290 e. The van der Waals surface area contributed by atoms with Gasteiger partial charge in [-0.3, -0.25) is 4.79 Å². The zero-order valence-electron chi connectivity index (χ0n) is 5.55. The fraction of sp³-hybridized carbons (Fsp3) is 0.375. The van der Waals surface area contributed by atoms with E-state index in [0.29, 0.717) is 0 Å². The van der Waals surface area contributed by atoms with E-state index in [4.69, 9.17) is 0 Å². The lowest BCUT2D eigenvalue weighted by Crippen LogP contribution is -1.92. The topological polar surface area (TPSA) is 17.1 Å². The molecule has 0 aromatic heterocycles. The lowest BCUT2D eigenvalue weighted by atomic mass is 10.1. The summed E-state index contributed by atoms with van der Waals surface area (Å²) in [6.07, 6.45) is 7.30. The Morgan fingerprint density at radius 1 is 1.56 bits per heavy atom. The summed E-state index contributed by atoms with van der Waals surface area (Å²) in [4.78, 5) is 10.8. The largest absolute Gasteiger partial charge is 0.290 e. The molecule has 0 saturated carbocycles. The van der Waals surface area contributed by atoms with Gasteiger partial charge in [-0.1, -0.05) is 25.5 Å². The minimum absolute atomic E-state index is 0.192. The van der Waals surface area contributed by atoms with E-state index in [2.05, 4.69) is 6.92 Å². The molecule has 0 amide bonds.